The molecule has 1 fully saturated rings. The van der Waals surface area contributed by atoms with Crippen LogP contribution in [0.5, 0.6) is 0 Å². The highest BCUT2D eigenvalue weighted by atomic mass is 16.6. The summed E-state index contributed by atoms with van der Waals surface area (Å²) in [6, 6.07) is -0.0511. The minimum atomic E-state index is -0.459. The molecule has 4 nitrogen and oxygen atoms in total. The first-order chi connectivity index (χ1) is 7.44. The van der Waals surface area contributed by atoms with Gasteiger partial charge in [0.1, 0.15) is 5.60 Å². The number of amides is 1. The summed E-state index contributed by atoms with van der Waals surface area (Å²) in [7, 11) is 0. The van der Waals surface area contributed by atoms with Crippen molar-refractivity contribution in [2.45, 2.75) is 59.1 Å². The number of carbonyl (C=O) groups excluding carboxylic acids is 1. The van der Waals surface area contributed by atoms with Crippen LogP contribution in [0, 0.1) is 0 Å². The lowest BCUT2D eigenvalue weighted by Crippen LogP contribution is -2.41. The summed E-state index contributed by atoms with van der Waals surface area (Å²) in [5.41, 5.74) is -0.459. The van der Waals surface area contributed by atoms with Gasteiger partial charge in [-0.15, -0.1) is 0 Å². The van der Waals surface area contributed by atoms with Crippen molar-refractivity contribution in [3.05, 3.63) is 0 Å². The fraction of sp³-hybridized carbons (Fsp3) is 0.917. The third kappa shape index (κ3) is 4.84. The highest BCUT2D eigenvalue weighted by molar-refractivity contribution is 5.68. The minimum Gasteiger partial charge on any atom is -0.444 e. The third-order valence-electron chi connectivity index (χ3n) is 2.22. The molecule has 96 valence electrons. The number of carbonyl (C=O) groups is 1. The van der Waals surface area contributed by atoms with Gasteiger partial charge in [0.25, 0.3) is 0 Å². The van der Waals surface area contributed by atoms with Crippen molar-refractivity contribution >= 4 is 6.09 Å². The van der Waals surface area contributed by atoms with E-state index in [-0.39, 0.29) is 18.7 Å². The predicted octanol–water partition coefficient (Wildman–Crippen LogP) is 2.40. The Bertz CT molecular complexity index is 211. The molecule has 0 spiro atoms. The molecule has 1 amide bonds. The van der Waals surface area contributed by atoms with Crippen LogP contribution in [0.15, 0.2) is 0 Å². The molecular weight excluding hydrogens is 206 g/mol. The molecule has 1 saturated heterocycles. The lowest BCUT2D eigenvalue weighted by atomic mass is 10.2. The standard InChI is InChI=1S/C10H19NO3.C2H6/c1-10(2,3)14-9(13)11-6-4-5-8(11)7-12;1-2/h8,12H,4-7H2,1-3H3;1-2H3/t8-;/m0./s1. The Kier molecular flexibility index (Phi) is 6.41. The van der Waals surface area contributed by atoms with Crippen LogP contribution in [-0.4, -0.2) is 40.9 Å². The van der Waals surface area contributed by atoms with Crippen molar-refractivity contribution in [3.63, 3.8) is 0 Å². The van der Waals surface area contributed by atoms with Gasteiger partial charge >= 0.3 is 6.09 Å². The maximum absolute atomic E-state index is 11.6. The topological polar surface area (TPSA) is 49.8 Å². The van der Waals surface area contributed by atoms with Gasteiger partial charge in [0, 0.05) is 6.54 Å². The molecule has 1 atom stereocenters. The summed E-state index contributed by atoms with van der Waals surface area (Å²) in [5.74, 6) is 0. The van der Waals surface area contributed by atoms with Crippen molar-refractivity contribution in [2.24, 2.45) is 0 Å². The molecule has 0 radical (unpaired) electrons. The van der Waals surface area contributed by atoms with E-state index in [0.717, 1.165) is 12.8 Å². The third-order valence-corrected chi connectivity index (χ3v) is 2.22. The number of ether oxygens (including phenoxy) is 1. The number of hydrogen-bond acceptors (Lipinski definition) is 3. The number of hydrogen-bond donors (Lipinski definition) is 1. The molecule has 0 aromatic heterocycles. The summed E-state index contributed by atoms with van der Waals surface area (Å²) in [5, 5.41) is 9.03. The van der Waals surface area contributed by atoms with E-state index in [1.54, 1.807) is 4.90 Å². The number of nitrogens with zero attached hydrogens (tertiary/aromatic N) is 1. The van der Waals surface area contributed by atoms with E-state index in [2.05, 4.69) is 0 Å². The number of likely N-dealkylation sites (tertiary alicyclic amines) is 1. The fourth-order valence-electron chi connectivity index (χ4n) is 1.59. The van der Waals surface area contributed by atoms with Gasteiger partial charge in [-0.05, 0) is 33.6 Å². The summed E-state index contributed by atoms with van der Waals surface area (Å²) in [6.45, 7) is 10.2. The highest BCUT2D eigenvalue weighted by Gasteiger charge is 2.31. The van der Waals surface area contributed by atoms with E-state index in [1.807, 2.05) is 34.6 Å². The van der Waals surface area contributed by atoms with E-state index in [0.29, 0.717) is 6.54 Å². The van der Waals surface area contributed by atoms with Crippen molar-refractivity contribution in [1.82, 2.24) is 4.90 Å². The first-order valence-corrected chi connectivity index (χ1v) is 6.04. The molecule has 0 unspecified atom stereocenters. The smallest absolute Gasteiger partial charge is 0.410 e. The quantitative estimate of drug-likeness (QED) is 0.754. The molecule has 0 aliphatic carbocycles. The van der Waals surface area contributed by atoms with E-state index in [9.17, 15) is 4.79 Å². The Balaban J connectivity index is 0.00000106. The summed E-state index contributed by atoms with van der Waals surface area (Å²) in [4.78, 5) is 13.2. The molecule has 1 aliphatic heterocycles. The Hall–Kier alpha value is -0.770. The number of rotatable bonds is 1. The zero-order valence-corrected chi connectivity index (χ0v) is 11.1. The van der Waals surface area contributed by atoms with Crippen LogP contribution in [0.3, 0.4) is 0 Å². The normalized spacial score (nSPS) is 20.1. The van der Waals surface area contributed by atoms with Crippen LogP contribution in [0.4, 0.5) is 4.79 Å². The Labute approximate surface area is 98.6 Å². The fourth-order valence-corrected chi connectivity index (χ4v) is 1.59. The van der Waals surface area contributed by atoms with Crippen molar-refractivity contribution < 1.29 is 14.6 Å². The van der Waals surface area contributed by atoms with Crippen molar-refractivity contribution in [1.29, 1.82) is 0 Å². The molecule has 0 bridgehead atoms. The second-order valence-electron chi connectivity index (χ2n) is 4.65. The number of aliphatic hydroxyl groups is 1. The van der Waals surface area contributed by atoms with Crippen LogP contribution in [0.2, 0.25) is 0 Å². The summed E-state index contributed by atoms with van der Waals surface area (Å²) in [6.07, 6.45) is 1.51. The zero-order valence-electron chi connectivity index (χ0n) is 11.1. The molecular formula is C12H25NO3. The average molecular weight is 231 g/mol. The summed E-state index contributed by atoms with van der Waals surface area (Å²) >= 11 is 0. The lowest BCUT2D eigenvalue weighted by molar-refractivity contribution is 0.0176. The largest absolute Gasteiger partial charge is 0.444 e. The van der Waals surface area contributed by atoms with Gasteiger partial charge in [-0.25, -0.2) is 4.79 Å². The van der Waals surface area contributed by atoms with Crippen LogP contribution in [-0.2, 0) is 4.74 Å². The molecule has 1 rings (SSSR count). The second-order valence-corrected chi connectivity index (χ2v) is 4.65. The first kappa shape index (κ1) is 15.2. The highest BCUT2D eigenvalue weighted by Crippen LogP contribution is 2.20. The summed E-state index contributed by atoms with van der Waals surface area (Å²) < 4.78 is 5.23. The Morgan fingerprint density at radius 2 is 2.00 bits per heavy atom. The predicted molar refractivity (Wildman–Crippen MR) is 64.4 cm³/mol. The van der Waals surface area contributed by atoms with E-state index in [1.165, 1.54) is 0 Å². The van der Waals surface area contributed by atoms with Gasteiger partial charge in [-0.2, -0.15) is 0 Å². The maximum Gasteiger partial charge on any atom is 0.410 e. The van der Waals surface area contributed by atoms with Crippen molar-refractivity contribution in [2.75, 3.05) is 13.2 Å². The first-order valence-electron chi connectivity index (χ1n) is 6.04. The minimum absolute atomic E-state index is 0.0270. The Morgan fingerprint density at radius 1 is 1.44 bits per heavy atom. The van der Waals surface area contributed by atoms with Gasteiger partial charge < -0.3 is 14.7 Å². The molecule has 4 heteroatoms. The van der Waals surface area contributed by atoms with E-state index in [4.69, 9.17) is 9.84 Å². The van der Waals surface area contributed by atoms with Gasteiger partial charge in [0.05, 0.1) is 12.6 Å². The average Bonchev–Trinajstić information content (AvgIpc) is 2.66. The molecule has 0 aromatic carbocycles. The van der Waals surface area contributed by atoms with Crippen LogP contribution in [0.1, 0.15) is 47.5 Å². The van der Waals surface area contributed by atoms with Crippen LogP contribution in [0.25, 0.3) is 0 Å². The van der Waals surface area contributed by atoms with Crippen LogP contribution >= 0.6 is 0 Å². The molecule has 1 N–H and O–H groups in total. The van der Waals surface area contributed by atoms with Gasteiger partial charge in [0.15, 0.2) is 0 Å². The van der Waals surface area contributed by atoms with E-state index < -0.39 is 5.60 Å². The SMILES string of the molecule is CC.CC(C)(C)OC(=O)N1CCC[C@H]1CO. The van der Waals surface area contributed by atoms with Gasteiger partial charge in [-0.3, -0.25) is 0 Å². The van der Waals surface area contributed by atoms with E-state index >= 15 is 0 Å². The lowest BCUT2D eigenvalue weighted by Gasteiger charge is -2.27. The second kappa shape index (κ2) is 6.74. The Morgan fingerprint density at radius 3 is 2.44 bits per heavy atom. The van der Waals surface area contributed by atoms with Crippen LogP contribution < -0.4 is 0 Å². The molecule has 0 aromatic rings. The maximum atomic E-state index is 11.6. The molecule has 1 aliphatic rings. The molecule has 16 heavy (non-hydrogen) atoms. The number of aliphatic hydroxyl groups excluding tert-OH is 1. The zero-order chi connectivity index (χ0) is 12.8. The van der Waals surface area contributed by atoms with Crippen molar-refractivity contribution in [3.8, 4) is 0 Å². The van der Waals surface area contributed by atoms with Gasteiger partial charge in [-0.1, -0.05) is 13.8 Å². The monoisotopic (exact) mass is 231 g/mol. The molecule has 0 saturated carbocycles. The molecule has 1 heterocycles. The van der Waals surface area contributed by atoms with Gasteiger partial charge in [0.2, 0.25) is 0 Å².